The quantitative estimate of drug-likeness (QED) is 0.128. The van der Waals surface area contributed by atoms with Crippen LogP contribution in [-0.4, -0.2) is 25.2 Å². The second kappa shape index (κ2) is 14.9. The minimum Gasteiger partial charge on any atom is -0.516 e. The largest absolute Gasteiger partial charge is 0.516 e. The van der Waals surface area contributed by atoms with E-state index in [0.717, 1.165) is 33.5 Å². The zero-order chi connectivity index (χ0) is 35.7. The third kappa shape index (κ3) is 7.45. The van der Waals surface area contributed by atoms with Crippen LogP contribution in [0.1, 0.15) is 8.30 Å². The number of rotatable bonds is 5. The Hall–Kier alpha value is -4.96. The molecule has 0 fully saturated rings. The molecule has 0 saturated carbocycles. The maximum atomic E-state index is 9.02. The Morgan fingerprint density at radius 2 is 1.50 bits per heavy atom. The average molecular weight is 862 g/mol. The van der Waals surface area contributed by atoms with Crippen molar-refractivity contribution in [2.75, 3.05) is 7.11 Å². The van der Waals surface area contributed by atoms with E-state index >= 15 is 0 Å². The average Bonchev–Trinajstić information content (AvgIpc) is 3.53. The van der Waals surface area contributed by atoms with Gasteiger partial charge in [-0.3, -0.25) is 0 Å². The standard InChI is InChI=1S/C28H15N2S.C15H18NOSi.Ir/c29-16-18-5-7-19(8-6-18)21-9-11-24-25-13-22(10-12-27(25)31-28(24)15-21)26-14-20-3-1-2-4-23(20)17-30-26;1-17-13-7-5-6-12(10-13)15-9-8-14(11-16-15)18(2,3)4;/h1-9,11-15,17H;5,7-11H,1-4H3;/q2*-1;/i;5D,7D;. The van der Waals surface area contributed by atoms with Crippen molar-refractivity contribution in [2.24, 2.45) is 0 Å². The molecule has 0 atom stereocenters. The fraction of sp³-hybridized carbons (Fsp3) is 0.0930. The molecule has 0 unspecified atom stereocenters. The molecule has 0 aliphatic carbocycles. The molecule has 0 aliphatic heterocycles. The molecule has 0 spiro atoms. The van der Waals surface area contributed by atoms with Crippen LogP contribution < -0.4 is 9.92 Å². The fourth-order valence-corrected chi connectivity index (χ4v) is 7.77. The predicted octanol–water partition coefficient (Wildman–Crippen LogP) is 10.7. The zero-order valence-electron chi connectivity index (χ0n) is 30.0. The summed E-state index contributed by atoms with van der Waals surface area (Å²) in [4.78, 5) is 9.13. The molecular weight excluding hydrogens is 827 g/mol. The van der Waals surface area contributed by atoms with Gasteiger partial charge >= 0.3 is 0 Å². The molecule has 3 heterocycles. The van der Waals surface area contributed by atoms with Crippen molar-refractivity contribution in [3.8, 4) is 45.5 Å². The van der Waals surface area contributed by atoms with Crippen molar-refractivity contribution in [3.05, 3.63) is 145 Å². The van der Waals surface area contributed by atoms with Crippen molar-refractivity contribution in [3.63, 3.8) is 0 Å². The van der Waals surface area contributed by atoms with Gasteiger partial charge in [0.2, 0.25) is 0 Å². The number of aromatic nitrogens is 2. The van der Waals surface area contributed by atoms with E-state index in [-0.39, 0.29) is 32.2 Å². The Labute approximate surface area is 314 Å². The van der Waals surface area contributed by atoms with Gasteiger partial charge in [-0.1, -0.05) is 91.8 Å². The van der Waals surface area contributed by atoms with Gasteiger partial charge in [-0.2, -0.15) is 16.6 Å². The Balaban J connectivity index is 0.000000193. The van der Waals surface area contributed by atoms with E-state index in [9.17, 15) is 0 Å². The van der Waals surface area contributed by atoms with Gasteiger partial charge in [-0.05, 0) is 66.8 Å². The van der Waals surface area contributed by atoms with Crippen molar-refractivity contribution < 1.29 is 27.6 Å². The zero-order valence-corrected chi connectivity index (χ0v) is 32.2. The number of fused-ring (bicyclic) bond motifs is 4. The summed E-state index contributed by atoms with van der Waals surface area (Å²) >= 11 is 1.78. The predicted molar refractivity (Wildman–Crippen MR) is 207 cm³/mol. The van der Waals surface area contributed by atoms with Gasteiger partial charge in [0.05, 0.1) is 26.8 Å². The van der Waals surface area contributed by atoms with Gasteiger partial charge in [-0.15, -0.1) is 53.5 Å². The van der Waals surface area contributed by atoms with E-state index in [4.69, 9.17) is 12.7 Å². The number of hydrogen-bond acceptors (Lipinski definition) is 5. The van der Waals surface area contributed by atoms with Crippen molar-refractivity contribution in [1.82, 2.24) is 9.97 Å². The molecule has 1 radical (unpaired) electrons. The fourth-order valence-electron chi connectivity index (χ4n) is 5.62. The Morgan fingerprint density at radius 1 is 0.760 bits per heavy atom. The third-order valence-corrected chi connectivity index (χ3v) is 11.6. The summed E-state index contributed by atoms with van der Waals surface area (Å²) in [5, 5.41) is 15.1. The number of pyridine rings is 2. The molecule has 247 valence electrons. The molecule has 0 amide bonds. The number of methoxy groups -OCH3 is 1. The van der Waals surface area contributed by atoms with Crippen molar-refractivity contribution >= 4 is 55.5 Å². The van der Waals surface area contributed by atoms with Crippen LogP contribution in [0.2, 0.25) is 19.6 Å². The maximum absolute atomic E-state index is 9.02. The van der Waals surface area contributed by atoms with E-state index in [1.807, 2.05) is 48.8 Å². The monoisotopic (exact) mass is 862 g/mol. The van der Waals surface area contributed by atoms with Gasteiger partial charge in [-0.25, -0.2) is 0 Å². The molecule has 0 N–H and O–H groups in total. The number of nitrogens with zero attached hydrogens (tertiary/aromatic N) is 3. The maximum Gasteiger partial charge on any atom is 0.0991 e. The van der Waals surface area contributed by atoms with Crippen LogP contribution in [-0.2, 0) is 20.1 Å². The second-order valence-corrected chi connectivity index (χ2v) is 18.9. The first-order chi connectivity index (χ1) is 24.6. The van der Waals surface area contributed by atoms with Crippen LogP contribution in [0.4, 0.5) is 0 Å². The molecule has 8 rings (SSSR count). The molecule has 3 aromatic heterocycles. The van der Waals surface area contributed by atoms with E-state index in [2.05, 4.69) is 108 Å². The van der Waals surface area contributed by atoms with Gasteiger partial charge in [0.1, 0.15) is 0 Å². The van der Waals surface area contributed by atoms with Crippen LogP contribution in [0.3, 0.4) is 0 Å². The molecule has 0 aliphatic rings. The molecule has 50 heavy (non-hydrogen) atoms. The minimum atomic E-state index is -1.36. The summed E-state index contributed by atoms with van der Waals surface area (Å²) in [6.07, 6.45) is 3.83. The number of benzene rings is 5. The number of nitriles is 1. The van der Waals surface area contributed by atoms with Crippen LogP contribution in [0.25, 0.3) is 64.6 Å². The Bertz CT molecular complexity index is 2600. The summed E-state index contributed by atoms with van der Waals surface area (Å²) in [5.74, 6) is 0.375. The molecule has 0 bridgehead atoms. The topological polar surface area (TPSA) is 58.8 Å². The van der Waals surface area contributed by atoms with Gasteiger partial charge in [0.15, 0.2) is 0 Å². The summed E-state index contributed by atoms with van der Waals surface area (Å²) < 4.78 is 23.0. The smallest absolute Gasteiger partial charge is 0.0991 e. The first kappa shape index (κ1) is 32.3. The SMILES string of the molecule is N#Cc1ccc(-c2ccc3c(c2)sc2c[c-]c(-c4cc5ccccc5cn4)cc23)cc1.[2H]c1[c-]c(-c2ccc([Si](C)(C)C)cn2)cc(OC)c1[2H].[Ir]. The van der Waals surface area contributed by atoms with Gasteiger partial charge in [0.25, 0.3) is 0 Å². The van der Waals surface area contributed by atoms with Crippen molar-refractivity contribution in [2.45, 2.75) is 19.6 Å². The second-order valence-electron chi connectivity index (χ2n) is 12.7. The minimum absolute atomic E-state index is 0. The van der Waals surface area contributed by atoms with E-state index in [0.29, 0.717) is 16.9 Å². The van der Waals surface area contributed by atoms with Crippen LogP contribution >= 0.6 is 11.3 Å². The summed E-state index contributed by atoms with van der Waals surface area (Å²) in [5.41, 5.74) is 6.33. The Kier molecular flexibility index (Phi) is 9.60. The van der Waals surface area contributed by atoms with E-state index in [1.165, 1.54) is 37.9 Å². The van der Waals surface area contributed by atoms with Crippen LogP contribution in [0.15, 0.2) is 128 Å². The Morgan fingerprint density at radius 3 is 2.22 bits per heavy atom. The molecule has 5 aromatic carbocycles. The number of ether oxygens (including phenoxy) is 1. The first-order valence-corrected chi connectivity index (χ1v) is 20.2. The number of hydrogen-bond donors (Lipinski definition) is 0. The molecule has 7 heteroatoms. The first-order valence-electron chi connectivity index (χ1n) is 16.9. The molecule has 8 aromatic rings. The normalized spacial score (nSPS) is 11.6. The van der Waals surface area contributed by atoms with Crippen LogP contribution in [0.5, 0.6) is 5.75 Å². The molecular formula is C43H33IrN3OSSi-2. The molecule has 0 saturated heterocycles. The van der Waals surface area contributed by atoms with Crippen molar-refractivity contribution in [1.29, 1.82) is 5.26 Å². The van der Waals surface area contributed by atoms with Gasteiger partial charge < -0.3 is 14.7 Å². The summed E-state index contributed by atoms with van der Waals surface area (Å²) in [7, 11) is 0.139. The number of thiophene rings is 1. The van der Waals surface area contributed by atoms with Gasteiger partial charge in [0, 0.05) is 45.7 Å². The third-order valence-electron chi connectivity index (χ3n) is 8.44. The van der Waals surface area contributed by atoms with E-state index in [1.54, 1.807) is 17.4 Å². The summed E-state index contributed by atoms with van der Waals surface area (Å²) in [6.45, 7) is 6.82. The molecule has 4 nitrogen and oxygen atoms in total. The van der Waals surface area contributed by atoms with E-state index < -0.39 is 8.07 Å². The van der Waals surface area contributed by atoms with Crippen LogP contribution in [0, 0.1) is 23.5 Å². The summed E-state index contributed by atoms with van der Waals surface area (Å²) in [6, 6.07) is 43.3.